The first kappa shape index (κ1) is 9.01. The Balaban J connectivity index is 2.17. The minimum Gasteiger partial charge on any atom is -0.253 e. The Hall–Kier alpha value is -0.0800. The van der Waals surface area contributed by atoms with E-state index in [1.54, 1.807) is 0 Å². The van der Waals surface area contributed by atoms with Crippen molar-refractivity contribution in [1.82, 2.24) is 10.4 Å². The zero-order valence-electron chi connectivity index (χ0n) is 7.93. The van der Waals surface area contributed by atoms with Gasteiger partial charge in [0.2, 0.25) is 0 Å². The van der Waals surface area contributed by atoms with Crippen LogP contribution in [0.5, 0.6) is 0 Å². The van der Waals surface area contributed by atoms with Gasteiger partial charge in [0.25, 0.3) is 0 Å². The van der Waals surface area contributed by atoms with Crippen LogP contribution in [0.4, 0.5) is 0 Å². The number of hydrogen-bond acceptors (Lipinski definition) is 2. The minimum atomic E-state index is 0.737. The molecule has 1 fully saturated rings. The van der Waals surface area contributed by atoms with Crippen LogP contribution in [0.15, 0.2) is 0 Å². The largest absolute Gasteiger partial charge is 0.253 e. The SMILES string of the molecule is CC1CCC(NN(C)C)CC1. The van der Waals surface area contributed by atoms with Gasteiger partial charge in [-0.2, -0.15) is 0 Å². The van der Waals surface area contributed by atoms with Gasteiger partial charge in [-0.3, -0.25) is 10.4 Å². The molecule has 0 aromatic rings. The van der Waals surface area contributed by atoms with E-state index in [-0.39, 0.29) is 0 Å². The van der Waals surface area contributed by atoms with Crippen LogP contribution in [0.2, 0.25) is 0 Å². The van der Waals surface area contributed by atoms with Crippen molar-refractivity contribution in [3.63, 3.8) is 0 Å². The summed E-state index contributed by atoms with van der Waals surface area (Å²) in [7, 11) is 4.13. The second kappa shape index (κ2) is 4.07. The third-order valence-electron chi connectivity index (χ3n) is 2.46. The molecular weight excluding hydrogens is 136 g/mol. The lowest BCUT2D eigenvalue weighted by molar-refractivity contribution is 0.190. The number of hydrogen-bond donors (Lipinski definition) is 1. The Morgan fingerprint density at radius 3 is 2.09 bits per heavy atom. The summed E-state index contributed by atoms with van der Waals surface area (Å²) in [5.41, 5.74) is 3.44. The van der Waals surface area contributed by atoms with Gasteiger partial charge in [-0.05, 0) is 31.6 Å². The lowest BCUT2D eigenvalue weighted by atomic mass is 9.88. The molecule has 0 radical (unpaired) electrons. The standard InChI is InChI=1S/C9H20N2/c1-8-4-6-9(7-5-8)10-11(2)3/h8-10H,4-7H2,1-3H3. The molecule has 0 heterocycles. The van der Waals surface area contributed by atoms with Crippen molar-refractivity contribution >= 4 is 0 Å². The van der Waals surface area contributed by atoms with Crippen LogP contribution in [0.3, 0.4) is 0 Å². The van der Waals surface area contributed by atoms with Crippen molar-refractivity contribution in [1.29, 1.82) is 0 Å². The molecule has 0 bridgehead atoms. The molecule has 0 spiro atoms. The summed E-state index contributed by atoms with van der Waals surface area (Å²) >= 11 is 0. The van der Waals surface area contributed by atoms with E-state index in [2.05, 4.69) is 31.5 Å². The number of rotatable bonds is 2. The first-order chi connectivity index (χ1) is 5.18. The van der Waals surface area contributed by atoms with E-state index in [9.17, 15) is 0 Å². The van der Waals surface area contributed by atoms with E-state index in [0.717, 1.165) is 12.0 Å². The average molecular weight is 156 g/mol. The van der Waals surface area contributed by atoms with E-state index in [1.807, 2.05) is 0 Å². The quantitative estimate of drug-likeness (QED) is 0.611. The van der Waals surface area contributed by atoms with Crippen LogP contribution in [-0.2, 0) is 0 Å². The molecule has 1 saturated carbocycles. The summed E-state index contributed by atoms with van der Waals surface area (Å²) in [6, 6.07) is 0.737. The Kier molecular flexibility index (Phi) is 3.34. The van der Waals surface area contributed by atoms with Crippen LogP contribution in [0.25, 0.3) is 0 Å². The summed E-state index contributed by atoms with van der Waals surface area (Å²) in [4.78, 5) is 0. The third kappa shape index (κ3) is 3.21. The Morgan fingerprint density at radius 2 is 1.64 bits per heavy atom. The highest BCUT2D eigenvalue weighted by atomic mass is 15.5. The fraction of sp³-hybridized carbons (Fsp3) is 1.00. The molecule has 0 unspecified atom stereocenters. The van der Waals surface area contributed by atoms with Gasteiger partial charge in [0.15, 0.2) is 0 Å². The number of nitrogens with one attached hydrogen (secondary N) is 1. The van der Waals surface area contributed by atoms with Crippen molar-refractivity contribution in [2.45, 2.75) is 38.6 Å². The van der Waals surface area contributed by atoms with Crippen LogP contribution < -0.4 is 5.43 Å². The highest BCUT2D eigenvalue weighted by Gasteiger charge is 2.17. The summed E-state index contributed by atoms with van der Waals surface area (Å²) in [5, 5.41) is 2.07. The van der Waals surface area contributed by atoms with Gasteiger partial charge in [-0.25, -0.2) is 0 Å². The molecule has 1 aliphatic carbocycles. The lowest BCUT2D eigenvalue weighted by Gasteiger charge is -2.29. The highest BCUT2D eigenvalue weighted by Crippen LogP contribution is 2.23. The minimum absolute atomic E-state index is 0.737. The summed E-state index contributed by atoms with van der Waals surface area (Å²) in [6.07, 6.45) is 5.48. The maximum Gasteiger partial charge on any atom is 0.0215 e. The van der Waals surface area contributed by atoms with Gasteiger partial charge >= 0.3 is 0 Å². The zero-order valence-corrected chi connectivity index (χ0v) is 7.93. The topological polar surface area (TPSA) is 15.3 Å². The zero-order chi connectivity index (χ0) is 8.27. The fourth-order valence-electron chi connectivity index (χ4n) is 1.75. The molecule has 0 atom stereocenters. The van der Waals surface area contributed by atoms with Crippen LogP contribution in [0.1, 0.15) is 32.6 Å². The summed E-state index contributed by atoms with van der Waals surface area (Å²) in [5.74, 6) is 0.954. The predicted molar refractivity (Wildman–Crippen MR) is 48.2 cm³/mol. The van der Waals surface area contributed by atoms with Crippen molar-refractivity contribution in [3.8, 4) is 0 Å². The molecule has 2 heteroatoms. The van der Waals surface area contributed by atoms with Gasteiger partial charge in [0, 0.05) is 20.1 Å². The van der Waals surface area contributed by atoms with Gasteiger partial charge in [0.1, 0.15) is 0 Å². The first-order valence-corrected chi connectivity index (χ1v) is 4.62. The van der Waals surface area contributed by atoms with Gasteiger partial charge in [0.05, 0.1) is 0 Å². The van der Waals surface area contributed by atoms with Crippen molar-refractivity contribution in [3.05, 3.63) is 0 Å². The first-order valence-electron chi connectivity index (χ1n) is 4.62. The molecule has 1 rings (SSSR count). The van der Waals surface area contributed by atoms with E-state index in [0.29, 0.717) is 0 Å². The highest BCUT2D eigenvalue weighted by molar-refractivity contribution is 4.73. The molecule has 0 aromatic heterocycles. The normalized spacial score (nSPS) is 32.7. The molecule has 2 nitrogen and oxygen atoms in total. The number of nitrogens with zero attached hydrogens (tertiary/aromatic N) is 1. The molecule has 1 aliphatic rings. The molecule has 0 amide bonds. The molecule has 11 heavy (non-hydrogen) atoms. The molecule has 0 aromatic carbocycles. The van der Waals surface area contributed by atoms with E-state index < -0.39 is 0 Å². The smallest absolute Gasteiger partial charge is 0.0215 e. The summed E-state index contributed by atoms with van der Waals surface area (Å²) < 4.78 is 0. The van der Waals surface area contributed by atoms with E-state index in [1.165, 1.54) is 25.7 Å². The second-order valence-electron chi connectivity index (χ2n) is 3.98. The molecule has 1 N–H and O–H groups in total. The molecule has 66 valence electrons. The lowest BCUT2D eigenvalue weighted by Crippen LogP contribution is -2.41. The van der Waals surface area contributed by atoms with Crippen molar-refractivity contribution in [2.75, 3.05) is 14.1 Å². The van der Waals surface area contributed by atoms with Gasteiger partial charge in [-0.15, -0.1) is 0 Å². The fourth-order valence-corrected chi connectivity index (χ4v) is 1.75. The van der Waals surface area contributed by atoms with Crippen LogP contribution >= 0.6 is 0 Å². The predicted octanol–water partition coefficient (Wildman–Crippen LogP) is 1.63. The van der Waals surface area contributed by atoms with Crippen molar-refractivity contribution in [2.24, 2.45) is 5.92 Å². The van der Waals surface area contributed by atoms with E-state index in [4.69, 9.17) is 0 Å². The molecular formula is C9H20N2. The van der Waals surface area contributed by atoms with Gasteiger partial charge in [-0.1, -0.05) is 6.92 Å². The Labute approximate surface area is 69.9 Å². The summed E-state index contributed by atoms with van der Waals surface area (Å²) in [6.45, 7) is 2.35. The maximum absolute atomic E-state index is 3.44. The monoisotopic (exact) mass is 156 g/mol. The van der Waals surface area contributed by atoms with Crippen LogP contribution in [-0.4, -0.2) is 25.1 Å². The van der Waals surface area contributed by atoms with Crippen molar-refractivity contribution < 1.29 is 0 Å². The van der Waals surface area contributed by atoms with Gasteiger partial charge < -0.3 is 0 Å². The Bertz CT molecular complexity index is 104. The van der Waals surface area contributed by atoms with E-state index >= 15 is 0 Å². The molecule has 0 saturated heterocycles. The maximum atomic E-state index is 3.44. The average Bonchev–Trinajstić information content (AvgIpc) is 1.93. The number of hydrazine groups is 1. The van der Waals surface area contributed by atoms with Crippen LogP contribution in [0, 0.1) is 5.92 Å². The molecule has 0 aliphatic heterocycles. The second-order valence-corrected chi connectivity index (χ2v) is 3.98. The Morgan fingerprint density at radius 1 is 1.09 bits per heavy atom. The third-order valence-corrected chi connectivity index (χ3v) is 2.46.